The van der Waals surface area contributed by atoms with Gasteiger partial charge in [0.2, 0.25) is 0 Å². The summed E-state index contributed by atoms with van der Waals surface area (Å²) >= 11 is 0. The normalized spacial score (nSPS) is 16.7. The molecule has 1 N–H and O–H groups in total. The van der Waals surface area contributed by atoms with Crippen molar-refractivity contribution in [2.75, 3.05) is 33.2 Å². The largest absolute Gasteiger partial charge is 0.478 e. The van der Waals surface area contributed by atoms with E-state index in [0.717, 1.165) is 37.3 Å². The van der Waals surface area contributed by atoms with Crippen LogP contribution in [0.15, 0.2) is 48.5 Å². The monoisotopic (exact) mass is 324 g/mol. The van der Waals surface area contributed by atoms with Crippen molar-refractivity contribution in [1.29, 1.82) is 0 Å². The number of nitrogens with zero attached hydrogens (tertiary/aromatic N) is 2. The second kappa shape index (κ2) is 7.60. The molecule has 0 bridgehead atoms. The zero-order valence-corrected chi connectivity index (χ0v) is 14.1. The Labute approximate surface area is 143 Å². The Morgan fingerprint density at radius 1 is 0.917 bits per heavy atom. The number of aromatic carboxylic acids is 1. The van der Waals surface area contributed by atoms with E-state index >= 15 is 0 Å². The molecule has 24 heavy (non-hydrogen) atoms. The van der Waals surface area contributed by atoms with Gasteiger partial charge in [0, 0.05) is 19.6 Å². The van der Waals surface area contributed by atoms with Crippen molar-refractivity contribution in [3.05, 3.63) is 59.7 Å². The molecule has 1 fully saturated rings. The summed E-state index contributed by atoms with van der Waals surface area (Å²) in [6.45, 7) is 5.58. The fourth-order valence-electron chi connectivity index (χ4n) is 3.12. The molecule has 0 aliphatic carbocycles. The van der Waals surface area contributed by atoms with E-state index < -0.39 is 5.97 Å². The van der Waals surface area contributed by atoms with E-state index in [1.165, 1.54) is 18.5 Å². The second-order valence-electron chi connectivity index (χ2n) is 6.51. The van der Waals surface area contributed by atoms with Gasteiger partial charge in [-0.25, -0.2) is 4.79 Å². The average molecular weight is 324 g/mol. The maximum absolute atomic E-state index is 10.9. The number of carboxylic acid groups (broad SMARTS) is 1. The van der Waals surface area contributed by atoms with E-state index in [-0.39, 0.29) is 0 Å². The highest BCUT2D eigenvalue weighted by Gasteiger charge is 2.12. The molecule has 4 heteroatoms. The van der Waals surface area contributed by atoms with Crippen LogP contribution in [0.1, 0.15) is 22.3 Å². The van der Waals surface area contributed by atoms with Crippen molar-refractivity contribution in [1.82, 2.24) is 9.80 Å². The van der Waals surface area contributed by atoms with Crippen LogP contribution in [0.5, 0.6) is 0 Å². The van der Waals surface area contributed by atoms with Crippen LogP contribution in [0, 0.1) is 0 Å². The van der Waals surface area contributed by atoms with Crippen molar-refractivity contribution in [3.63, 3.8) is 0 Å². The molecule has 0 unspecified atom stereocenters. The molecule has 0 radical (unpaired) electrons. The summed E-state index contributed by atoms with van der Waals surface area (Å²) in [7, 11) is 2.19. The fraction of sp³-hybridized carbons (Fsp3) is 0.350. The van der Waals surface area contributed by atoms with Crippen LogP contribution in [-0.2, 0) is 6.54 Å². The first-order valence-corrected chi connectivity index (χ1v) is 8.45. The quantitative estimate of drug-likeness (QED) is 0.938. The minimum atomic E-state index is -0.889. The predicted molar refractivity (Wildman–Crippen MR) is 96.2 cm³/mol. The Morgan fingerprint density at radius 3 is 2.17 bits per heavy atom. The van der Waals surface area contributed by atoms with Gasteiger partial charge >= 0.3 is 5.97 Å². The minimum Gasteiger partial charge on any atom is -0.478 e. The smallest absolute Gasteiger partial charge is 0.335 e. The van der Waals surface area contributed by atoms with Gasteiger partial charge in [0.05, 0.1) is 5.56 Å². The molecule has 1 heterocycles. The highest BCUT2D eigenvalue weighted by Crippen LogP contribution is 2.21. The fourth-order valence-corrected chi connectivity index (χ4v) is 3.12. The Morgan fingerprint density at radius 2 is 1.54 bits per heavy atom. The first-order valence-electron chi connectivity index (χ1n) is 8.45. The summed E-state index contributed by atoms with van der Waals surface area (Å²) in [6, 6.07) is 15.6. The third kappa shape index (κ3) is 4.22. The summed E-state index contributed by atoms with van der Waals surface area (Å²) in [5.74, 6) is -0.889. The Kier molecular flexibility index (Phi) is 5.28. The lowest BCUT2D eigenvalue weighted by molar-refractivity contribution is 0.0697. The van der Waals surface area contributed by atoms with Crippen LogP contribution in [0.25, 0.3) is 11.1 Å². The molecule has 2 aromatic carbocycles. The van der Waals surface area contributed by atoms with Crippen molar-refractivity contribution in [3.8, 4) is 11.1 Å². The van der Waals surface area contributed by atoms with Gasteiger partial charge in [0.25, 0.3) is 0 Å². The lowest BCUT2D eigenvalue weighted by atomic mass is 10.0. The molecule has 0 aromatic heterocycles. The molecule has 0 atom stereocenters. The first kappa shape index (κ1) is 16.7. The topological polar surface area (TPSA) is 43.8 Å². The van der Waals surface area contributed by atoms with Gasteiger partial charge < -0.3 is 10.0 Å². The van der Waals surface area contributed by atoms with E-state index in [1.807, 2.05) is 12.1 Å². The molecular weight excluding hydrogens is 300 g/mol. The van der Waals surface area contributed by atoms with Crippen LogP contribution < -0.4 is 0 Å². The highest BCUT2D eigenvalue weighted by atomic mass is 16.4. The summed E-state index contributed by atoms with van der Waals surface area (Å²) in [5.41, 5.74) is 3.81. The van der Waals surface area contributed by atoms with E-state index in [0.29, 0.717) is 5.56 Å². The van der Waals surface area contributed by atoms with Gasteiger partial charge in [-0.3, -0.25) is 4.90 Å². The van der Waals surface area contributed by atoms with Crippen molar-refractivity contribution < 1.29 is 9.90 Å². The summed E-state index contributed by atoms with van der Waals surface area (Å²) in [6.07, 6.45) is 1.23. The zero-order chi connectivity index (χ0) is 16.9. The van der Waals surface area contributed by atoms with Gasteiger partial charge in [0.15, 0.2) is 0 Å². The number of carboxylic acids is 1. The number of benzene rings is 2. The maximum atomic E-state index is 10.9. The van der Waals surface area contributed by atoms with Crippen molar-refractivity contribution in [2.24, 2.45) is 0 Å². The molecule has 0 saturated carbocycles. The minimum absolute atomic E-state index is 0.321. The molecule has 1 aliphatic rings. The van der Waals surface area contributed by atoms with E-state index in [1.54, 1.807) is 12.1 Å². The summed E-state index contributed by atoms with van der Waals surface area (Å²) < 4.78 is 0. The highest BCUT2D eigenvalue weighted by molar-refractivity contribution is 5.88. The van der Waals surface area contributed by atoms with Gasteiger partial charge in [-0.1, -0.05) is 36.4 Å². The molecule has 0 spiro atoms. The predicted octanol–water partition coefficient (Wildman–Crippen LogP) is 3.19. The van der Waals surface area contributed by atoms with Crippen LogP contribution in [0.2, 0.25) is 0 Å². The third-order valence-corrected chi connectivity index (χ3v) is 4.64. The van der Waals surface area contributed by atoms with E-state index in [9.17, 15) is 4.79 Å². The Hall–Kier alpha value is -2.17. The SMILES string of the molecule is CN1CCCN(Cc2ccc(-c3ccc(C(=O)O)cc3)cc2)CC1. The van der Waals surface area contributed by atoms with Crippen LogP contribution >= 0.6 is 0 Å². The molecular formula is C20H24N2O2. The summed E-state index contributed by atoms with van der Waals surface area (Å²) in [5, 5.41) is 8.97. The molecule has 4 nitrogen and oxygen atoms in total. The van der Waals surface area contributed by atoms with Gasteiger partial charge in [-0.15, -0.1) is 0 Å². The number of hydrogen-bond acceptors (Lipinski definition) is 3. The zero-order valence-electron chi connectivity index (χ0n) is 14.1. The second-order valence-corrected chi connectivity index (χ2v) is 6.51. The lowest BCUT2D eigenvalue weighted by Gasteiger charge is -2.20. The molecule has 2 aromatic rings. The molecule has 0 amide bonds. The van der Waals surface area contributed by atoms with Gasteiger partial charge in [-0.2, -0.15) is 0 Å². The van der Waals surface area contributed by atoms with Crippen LogP contribution in [0.4, 0.5) is 0 Å². The number of likely N-dealkylation sites (N-methyl/N-ethyl adjacent to an activating group) is 1. The average Bonchev–Trinajstić information content (AvgIpc) is 2.80. The van der Waals surface area contributed by atoms with Crippen LogP contribution in [0.3, 0.4) is 0 Å². The first-order chi connectivity index (χ1) is 11.6. The number of carbonyl (C=O) groups is 1. The molecule has 1 saturated heterocycles. The standard InChI is InChI=1S/C20H24N2O2/c1-21-11-2-12-22(14-13-21)15-16-3-5-17(6-4-16)18-7-9-19(10-8-18)20(23)24/h3-10H,2,11-15H2,1H3,(H,23,24). The maximum Gasteiger partial charge on any atom is 0.335 e. The van der Waals surface area contributed by atoms with Gasteiger partial charge in [-0.05, 0) is 55.4 Å². The third-order valence-electron chi connectivity index (χ3n) is 4.64. The van der Waals surface area contributed by atoms with E-state index in [2.05, 4.69) is 41.1 Å². The molecule has 1 aliphatic heterocycles. The molecule has 126 valence electrons. The van der Waals surface area contributed by atoms with Gasteiger partial charge in [0.1, 0.15) is 0 Å². The molecule has 3 rings (SSSR count). The number of hydrogen-bond donors (Lipinski definition) is 1. The number of rotatable bonds is 4. The lowest BCUT2D eigenvalue weighted by Crippen LogP contribution is -2.28. The van der Waals surface area contributed by atoms with Crippen LogP contribution in [-0.4, -0.2) is 54.1 Å². The Bertz CT molecular complexity index is 680. The van der Waals surface area contributed by atoms with Crippen molar-refractivity contribution >= 4 is 5.97 Å². The Balaban J connectivity index is 1.65. The van der Waals surface area contributed by atoms with Crippen molar-refractivity contribution in [2.45, 2.75) is 13.0 Å². The van der Waals surface area contributed by atoms with E-state index in [4.69, 9.17) is 5.11 Å². The summed E-state index contributed by atoms with van der Waals surface area (Å²) in [4.78, 5) is 15.8.